The average molecular weight is 289 g/mol. The second-order valence-electron chi connectivity index (χ2n) is 5.78. The van der Waals surface area contributed by atoms with Gasteiger partial charge in [-0.3, -0.25) is 4.79 Å². The number of rotatable bonds is 3. The Balaban J connectivity index is 2.48. The van der Waals surface area contributed by atoms with Gasteiger partial charge in [-0.2, -0.15) is 11.8 Å². The summed E-state index contributed by atoms with van der Waals surface area (Å²) >= 11 is 1.78. The number of aliphatic carboxylic acids is 1. The minimum atomic E-state index is -0.765. The molecule has 0 radical (unpaired) electrons. The van der Waals surface area contributed by atoms with Gasteiger partial charge in [0.05, 0.1) is 5.92 Å². The van der Waals surface area contributed by atoms with Gasteiger partial charge < -0.3 is 15.2 Å². The number of carboxylic acids is 1. The van der Waals surface area contributed by atoms with Crippen molar-refractivity contribution in [3.63, 3.8) is 0 Å². The second-order valence-corrected chi connectivity index (χ2v) is 7.00. The second kappa shape index (κ2) is 7.03. The van der Waals surface area contributed by atoms with Gasteiger partial charge in [-0.15, -0.1) is 0 Å². The van der Waals surface area contributed by atoms with Crippen LogP contribution < -0.4 is 5.32 Å². The minimum Gasteiger partial charge on any atom is -0.481 e. The molecule has 0 spiro atoms. The summed E-state index contributed by atoms with van der Waals surface area (Å²) in [5, 5.41) is 11.9. The standard InChI is InChI=1S/C13H23NO4S/c1-13(2,3)18-12(17)14-8-9-4-6-19-7-5-10(9)11(15)16/h9-10H,4-8H2,1-3H3,(H,14,17)(H,15,16)/t9-,10-/m0/s1. The van der Waals surface area contributed by atoms with Crippen molar-refractivity contribution in [2.45, 2.75) is 39.2 Å². The van der Waals surface area contributed by atoms with Crippen molar-refractivity contribution in [1.29, 1.82) is 0 Å². The lowest BCUT2D eigenvalue weighted by atomic mass is 9.88. The molecular formula is C13H23NO4S. The highest BCUT2D eigenvalue weighted by atomic mass is 32.2. The van der Waals surface area contributed by atoms with Crippen LogP contribution in [0.1, 0.15) is 33.6 Å². The Labute approximate surface area is 118 Å². The Kier molecular flexibility index (Phi) is 5.97. The SMILES string of the molecule is CC(C)(C)OC(=O)NC[C@@H]1CCSCC[C@@H]1C(=O)O. The van der Waals surface area contributed by atoms with Crippen LogP contribution in [0.2, 0.25) is 0 Å². The van der Waals surface area contributed by atoms with Crippen LogP contribution in [0.4, 0.5) is 4.79 Å². The molecule has 0 bridgehead atoms. The molecule has 110 valence electrons. The van der Waals surface area contributed by atoms with Crippen LogP contribution in [0.15, 0.2) is 0 Å². The minimum absolute atomic E-state index is 0.0139. The molecule has 1 saturated heterocycles. The van der Waals surface area contributed by atoms with E-state index in [2.05, 4.69) is 5.32 Å². The molecular weight excluding hydrogens is 266 g/mol. The van der Waals surface area contributed by atoms with Crippen LogP contribution >= 0.6 is 11.8 Å². The van der Waals surface area contributed by atoms with E-state index in [0.717, 1.165) is 17.9 Å². The summed E-state index contributed by atoms with van der Waals surface area (Å²) in [6, 6.07) is 0. The van der Waals surface area contributed by atoms with Crippen molar-refractivity contribution in [1.82, 2.24) is 5.32 Å². The van der Waals surface area contributed by atoms with E-state index in [0.29, 0.717) is 13.0 Å². The molecule has 0 aromatic rings. The molecule has 1 heterocycles. The third-order valence-corrected chi connectivity index (χ3v) is 4.05. The number of carbonyl (C=O) groups excluding carboxylic acids is 1. The number of ether oxygens (including phenoxy) is 1. The molecule has 1 fully saturated rings. The fourth-order valence-electron chi connectivity index (χ4n) is 2.08. The summed E-state index contributed by atoms with van der Waals surface area (Å²) in [5.74, 6) is 0.674. The molecule has 0 aliphatic carbocycles. The highest BCUT2D eigenvalue weighted by Gasteiger charge is 2.30. The van der Waals surface area contributed by atoms with Crippen molar-refractivity contribution >= 4 is 23.8 Å². The summed E-state index contributed by atoms with van der Waals surface area (Å²) in [6.45, 7) is 5.77. The maximum Gasteiger partial charge on any atom is 0.407 e. The van der Waals surface area contributed by atoms with E-state index in [9.17, 15) is 14.7 Å². The Morgan fingerprint density at radius 1 is 1.32 bits per heavy atom. The first kappa shape index (κ1) is 16.1. The maximum absolute atomic E-state index is 11.6. The predicted molar refractivity (Wildman–Crippen MR) is 75.4 cm³/mol. The zero-order valence-corrected chi connectivity index (χ0v) is 12.6. The molecule has 5 nitrogen and oxygen atoms in total. The Morgan fingerprint density at radius 2 is 1.95 bits per heavy atom. The van der Waals surface area contributed by atoms with Crippen molar-refractivity contribution in [2.24, 2.45) is 11.8 Å². The molecule has 0 aromatic heterocycles. The molecule has 6 heteroatoms. The third-order valence-electron chi connectivity index (χ3n) is 3.00. The van der Waals surface area contributed by atoms with E-state index in [4.69, 9.17) is 4.74 Å². The fraction of sp³-hybridized carbons (Fsp3) is 0.846. The number of hydrogen-bond acceptors (Lipinski definition) is 4. The molecule has 1 amide bonds. The van der Waals surface area contributed by atoms with Gasteiger partial charge in [-0.1, -0.05) is 0 Å². The smallest absolute Gasteiger partial charge is 0.407 e. The molecule has 2 atom stereocenters. The zero-order chi connectivity index (χ0) is 14.5. The highest BCUT2D eigenvalue weighted by Crippen LogP contribution is 2.27. The molecule has 0 aromatic carbocycles. The lowest BCUT2D eigenvalue weighted by Gasteiger charge is -2.24. The molecule has 0 saturated carbocycles. The van der Waals surface area contributed by atoms with E-state index in [1.54, 1.807) is 32.5 Å². The largest absolute Gasteiger partial charge is 0.481 e. The van der Waals surface area contributed by atoms with Gasteiger partial charge in [0.1, 0.15) is 5.60 Å². The fourth-order valence-corrected chi connectivity index (χ4v) is 3.18. The van der Waals surface area contributed by atoms with Gasteiger partial charge in [0.15, 0.2) is 0 Å². The predicted octanol–water partition coefficient (Wildman–Crippen LogP) is 2.36. The first-order valence-electron chi connectivity index (χ1n) is 6.57. The molecule has 2 N–H and O–H groups in total. The van der Waals surface area contributed by atoms with E-state index < -0.39 is 17.7 Å². The summed E-state index contributed by atoms with van der Waals surface area (Å²) in [4.78, 5) is 22.8. The van der Waals surface area contributed by atoms with Gasteiger partial charge in [0.25, 0.3) is 0 Å². The Hall–Kier alpha value is -0.910. The van der Waals surface area contributed by atoms with Crippen LogP contribution in [0.3, 0.4) is 0 Å². The van der Waals surface area contributed by atoms with E-state index in [1.165, 1.54) is 0 Å². The number of hydrogen-bond donors (Lipinski definition) is 2. The lowest BCUT2D eigenvalue weighted by molar-refractivity contribution is -0.143. The lowest BCUT2D eigenvalue weighted by Crippen LogP contribution is -2.38. The van der Waals surface area contributed by atoms with Crippen LogP contribution in [0.5, 0.6) is 0 Å². The summed E-state index contributed by atoms with van der Waals surface area (Å²) in [7, 11) is 0. The van der Waals surface area contributed by atoms with Crippen molar-refractivity contribution in [2.75, 3.05) is 18.1 Å². The topological polar surface area (TPSA) is 75.6 Å². The number of amides is 1. The van der Waals surface area contributed by atoms with E-state index in [-0.39, 0.29) is 11.8 Å². The number of carboxylic acid groups (broad SMARTS) is 1. The van der Waals surface area contributed by atoms with Crippen molar-refractivity contribution in [3.05, 3.63) is 0 Å². The maximum atomic E-state index is 11.6. The van der Waals surface area contributed by atoms with Gasteiger partial charge in [-0.25, -0.2) is 4.79 Å². The third kappa shape index (κ3) is 6.18. The number of carbonyl (C=O) groups is 2. The van der Waals surface area contributed by atoms with Crippen LogP contribution in [-0.2, 0) is 9.53 Å². The van der Waals surface area contributed by atoms with Gasteiger partial charge >= 0.3 is 12.1 Å². The van der Waals surface area contributed by atoms with Crippen LogP contribution in [-0.4, -0.2) is 40.8 Å². The Bertz CT molecular complexity index is 327. The molecule has 0 unspecified atom stereocenters. The van der Waals surface area contributed by atoms with E-state index >= 15 is 0 Å². The molecule has 1 aliphatic rings. The highest BCUT2D eigenvalue weighted by molar-refractivity contribution is 7.99. The normalized spacial score (nSPS) is 24.4. The van der Waals surface area contributed by atoms with Crippen molar-refractivity contribution in [3.8, 4) is 0 Å². The molecule has 19 heavy (non-hydrogen) atoms. The summed E-state index contributed by atoms with van der Waals surface area (Å²) in [6.07, 6.45) is 1.01. The summed E-state index contributed by atoms with van der Waals surface area (Å²) < 4.78 is 5.15. The quantitative estimate of drug-likeness (QED) is 0.834. The number of nitrogens with one attached hydrogen (secondary N) is 1. The summed E-state index contributed by atoms with van der Waals surface area (Å²) in [5.41, 5.74) is -0.532. The van der Waals surface area contributed by atoms with Crippen LogP contribution in [0.25, 0.3) is 0 Å². The number of thioether (sulfide) groups is 1. The average Bonchev–Trinajstić information content (AvgIpc) is 2.48. The van der Waals surface area contributed by atoms with Crippen LogP contribution in [0, 0.1) is 11.8 Å². The van der Waals surface area contributed by atoms with Gasteiger partial charge in [0, 0.05) is 6.54 Å². The number of alkyl carbamates (subject to hydrolysis) is 1. The zero-order valence-electron chi connectivity index (χ0n) is 11.8. The molecule has 1 aliphatic heterocycles. The molecule has 1 rings (SSSR count). The first-order chi connectivity index (χ1) is 8.79. The van der Waals surface area contributed by atoms with Gasteiger partial charge in [-0.05, 0) is 51.0 Å². The first-order valence-corrected chi connectivity index (χ1v) is 7.72. The Morgan fingerprint density at radius 3 is 2.53 bits per heavy atom. The van der Waals surface area contributed by atoms with E-state index in [1.807, 2.05) is 0 Å². The van der Waals surface area contributed by atoms with Crippen molar-refractivity contribution < 1.29 is 19.4 Å². The van der Waals surface area contributed by atoms with Gasteiger partial charge in [0.2, 0.25) is 0 Å². The monoisotopic (exact) mass is 289 g/mol.